The molecule has 1 saturated heterocycles. The van der Waals surface area contributed by atoms with Gasteiger partial charge in [0.15, 0.2) is 0 Å². The number of hydrogen-bond donors (Lipinski definition) is 3. The predicted octanol–water partition coefficient (Wildman–Crippen LogP) is 2.00. The van der Waals surface area contributed by atoms with Crippen molar-refractivity contribution in [2.75, 3.05) is 30.8 Å². The molecule has 5 nitrogen and oxygen atoms in total. The molecule has 0 aromatic heterocycles. The van der Waals surface area contributed by atoms with Crippen molar-refractivity contribution in [2.24, 2.45) is 0 Å². The molecule has 0 saturated carbocycles. The van der Waals surface area contributed by atoms with Crippen LogP contribution in [-0.2, 0) is 4.74 Å². The first-order valence-electron chi connectivity index (χ1n) is 7.08. The SMILES string of the molecule is CCNC(=O)c1ccc(N)c(NC2(C)CCCOC2)c1. The van der Waals surface area contributed by atoms with Crippen molar-refractivity contribution in [1.82, 2.24) is 5.32 Å². The first-order chi connectivity index (χ1) is 9.54. The summed E-state index contributed by atoms with van der Waals surface area (Å²) in [6.07, 6.45) is 2.05. The van der Waals surface area contributed by atoms with E-state index in [1.54, 1.807) is 18.2 Å². The van der Waals surface area contributed by atoms with E-state index < -0.39 is 0 Å². The number of carbonyl (C=O) groups excluding carboxylic acids is 1. The molecule has 5 heteroatoms. The van der Waals surface area contributed by atoms with E-state index in [9.17, 15) is 4.79 Å². The molecule has 1 aliphatic heterocycles. The average Bonchev–Trinajstić information content (AvgIpc) is 2.42. The van der Waals surface area contributed by atoms with E-state index >= 15 is 0 Å². The summed E-state index contributed by atoms with van der Waals surface area (Å²) in [7, 11) is 0. The summed E-state index contributed by atoms with van der Waals surface area (Å²) < 4.78 is 5.53. The molecular weight excluding hydrogens is 254 g/mol. The van der Waals surface area contributed by atoms with Crippen LogP contribution in [0, 0.1) is 0 Å². The molecule has 1 aromatic carbocycles. The average molecular weight is 277 g/mol. The van der Waals surface area contributed by atoms with Gasteiger partial charge in [0.1, 0.15) is 0 Å². The van der Waals surface area contributed by atoms with Crippen LogP contribution in [0.1, 0.15) is 37.0 Å². The molecule has 0 radical (unpaired) electrons. The third-order valence-electron chi connectivity index (χ3n) is 3.53. The highest BCUT2D eigenvalue weighted by Crippen LogP contribution is 2.28. The predicted molar refractivity (Wildman–Crippen MR) is 80.9 cm³/mol. The third kappa shape index (κ3) is 3.42. The Bertz CT molecular complexity index is 482. The number of ether oxygens (including phenoxy) is 1. The maximum absolute atomic E-state index is 11.9. The Morgan fingerprint density at radius 1 is 1.50 bits per heavy atom. The lowest BCUT2D eigenvalue weighted by molar-refractivity contribution is 0.0540. The summed E-state index contributed by atoms with van der Waals surface area (Å²) in [5.74, 6) is -0.0828. The number of anilines is 2. The van der Waals surface area contributed by atoms with Gasteiger partial charge in [-0.15, -0.1) is 0 Å². The third-order valence-corrected chi connectivity index (χ3v) is 3.53. The fourth-order valence-electron chi connectivity index (χ4n) is 2.43. The monoisotopic (exact) mass is 277 g/mol. The highest BCUT2D eigenvalue weighted by Gasteiger charge is 2.28. The lowest BCUT2D eigenvalue weighted by atomic mass is 9.94. The van der Waals surface area contributed by atoms with Crippen molar-refractivity contribution < 1.29 is 9.53 Å². The normalized spacial score (nSPS) is 22.3. The van der Waals surface area contributed by atoms with Crippen LogP contribution in [-0.4, -0.2) is 31.2 Å². The molecule has 110 valence electrons. The lowest BCUT2D eigenvalue weighted by Crippen LogP contribution is -2.43. The molecule has 1 unspecified atom stereocenters. The van der Waals surface area contributed by atoms with E-state index in [4.69, 9.17) is 10.5 Å². The molecule has 2 rings (SSSR count). The van der Waals surface area contributed by atoms with Crippen LogP contribution in [0.2, 0.25) is 0 Å². The number of nitrogen functional groups attached to an aromatic ring is 1. The molecule has 1 atom stereocenters. The van der Waals surface area contributed by atoms with E-state index in [1.165, 1.54) is 0 Å². The summed E-state index contributed by atoms with van der Waals surface area (Å²) in [5, 5.41) is 6.22. The highest BCUT2D eigenvalue weighted by molar-refractivity contribution is 5.96. The zero-order chi connectivity index (χ0) is 14.6. The second-order valence-corrected chi connectivity index (χ2v) is 5.50. The quantitative estimate of drug-likeness (QED) is 0.736. The summed E-state index contributed by atoms with van der Waals surface area (Å²) in [4.78, 5) is 11.9. The Balaban J connectivity index is 2.18. The van der Waals surface area contributed by atoms with Gasteiger partial charge in [-0.05, 0) is 44.9 Å². The van der Waals surface area contributed by atoms with Gasteiger partial charge in [-0.2, -0.15) is 0 Å². The molecule has 20 heavy (non-hydrogen) atoms. The number of nitrogens with two attached hydrogens (primary N) is 1. The standard InChI is InChI=1S/C15H23N3O2/c1-3-17-14(19)11-5-6-12(16)13(9-11)18-15(2)7-4-8-20-10-15/h5-6,9,18H,3-4,7-8,10,16H2,1-2H3,(H,17,19). The molecule has 1 heterocycles. The van der Waals surface area contributed by atoms with Gasteiger partial charge in [-0.1, -0.05) is 0 Å². The van der Waals surface area contributed by atoms with Crippen LogP contribution in [0.15, 0.2) is 18.2 Å². The summed E-state index contributed by atoms with van der Waals surface area (Å²) in [6.45, 7) is 6.08. The van der Waals surface area contributed by atoms with Gasteiger partial charge in [0.25, 0.3) is 5.91 Å². The molecule has 0 bridgehead atoms. The topological polar surface area (TPSA) is 76.4 Å². The minimum Gasteiger partial charge on any atom is -0.397 e. The Hall–Kier alpha value is -1.75. The van der Waals surface area contributed by atoms with Gasteiger partial charge >= 0.3 is 0 Å². The first-order valence-corrected chi connectivity index (χ1v) is 7.08. The van der Waals surface area contributed by atoms with E-state index in [-0.39, 0.29) is 11.4 Å². The van der Waals surface area contributed by atoms with Crippen LogP contribution >= 0.6 is 0 Å². The van der Waals surface area contributed by atoms with Gasteiger partial charge in [-0.25, -0.2) is 0 Å². The maximum Gasteiger partial charge on any atom is 0.251 e. The molecule has 0 aliphatic carbocycles. The molecule has 1 aromatic rings. The van der Waals surface area contributed by atoms with Crippen LogP contribution < -0.4 is 16.4 Å². The fraction of sp³-hybridized carbons (Fsp3) is 0.533. The highest BCUT2D eigenvalue weighted by atomic mass is 16.5. The minimum absolute atomic E-state index is 0.0828. The number of rotatable bonds is 4. The number of hydrogen-bond acceptors (Lipinski definition) is 4. The second-order valence-electron chi connectivity index (χ2n) is 5.50. The number of carbonyl (C=O) groups is 1. The van der Waals surface area contributed by atoms with Crippen molar-refractivity contribution in [1.29, 1.82) is 0 Å². The van der Waals surface area contributed by atoms with E-state index in [1.807, 2.05) is 6.92 Å². The zero-order valence-electron chi connectivity index (χ0n) is 12.2. The van der Waals surface area contributed by atoms with Gasteiger partial charge < -0.3 is 21.1 Å². The van der Waals surface area contributed by atoms with Crippen LogP contribution in [0.3, 0.4) is 0 Å². The minimum atomic E-state index is -0.133. The number of benzene rings is 1. The van der Waals surface area contributed by atoms with Crippen LogP contribution in [0.25, 0.3) is 0 Å². The van der Waals surface area contributed by atoms with Gasteiger partial charge in [-0.3, -0.25) is 4.79 Å². The fourth-order valence-corrected chi connectivity index (χ4v) is 2.43. The second kappa shape index (κ2) is 6.13. The van der Waals surface area contributed by atoms with Crippen molar-refractivity contribution in [3.8, 4) is 0 Å². The van der Waals surface area contributed by atoms with Crippen LogP contribution in [0.4, 0.5) is 11.4 Å². The first kappa shape index (κ1) is 14.7. The van der Waals surface area contributed by atoms with Crippen molar-refractivity contribution in [2.45, 2.75) is 32.2 Å². The van der Waals surface area contributed by atoms with E-state index in [0.29, 0.717) is 24.4 Å². The molecule has 4 N–H and O–H groups in total. The largest absolute Gasteiger partial charge is 0.397 e. The van der Waals surface area contributed by atoms with Crippen molar-refractivity contribution >= 4 is 17.3 Å². The summed E-state index contributed by atoms with van der Waals surface area (Å²) in [5.41, 5.74) is 7.92. The maximum atomic E-state index is 11.9. The molecular formula is C15H23N3O2. The van der Waals surface area contributed by atoms with Crippen molar-refractivity contribution in [3.63, 3.8) is 0 Å². The summed E-state index contributed by atoms with van der Waals surface area (Å²) >= 11 is 0. The molecule has 0 spiro atoms. The number of amides is 1. The van der Waals surface area contributed by atoms with E-state index in [2.05, 4.69) is 17.6 Å². The Labute approximate surface area is 119 Å². The van der Waals surface area contributed by atoms with Crippen LogP contribution in [0.5, 0.6) is 0 Å². The number of nitrogens with one attached hydrogen (secondary N) is 2. The zero-order valence-corrected chi connectivity index (χ0v) is 12.2. The summed E-state index contributed by atoms with van der Waals surface area (Å²) in [6, 6.07) is 5.31. The molecule has 1 fully saturated rings. The molecule has 1 amide bonds. The Morgan fingerprint density at radius 3 is 2.95 bits per heavy atom. The van der Waals surface area contributed by atoms with Gasteiger partial charge in [0.2, 0.25) is 0 Å². The Kier molecular flexibility index (Phi) is 4.49. The lowest BCUT2D eigenvalue weighted by Gasteiger charge is -2.35. The van der Waals surface area contributed by atoms with Crippen molar-refractivity contribution in [3.05, 3.63) is 23.8 Å². The van der Waals surface area contributed by atoms with Gasteiger partial charge in [0, 0.05) is 18.7 Å². The Morgan fingerprint density at radius 2 is 2.30 bits per heavy atom. The smallest absolute Gasteiger partial charge is 0.251 e. The van der Waals surface area contributed by atoms with Gasteiger partial charge in [0.05, 0.1) is 23.5 Å². The van der Waals surface area contributed by atoms with E-state index in [0.717, 1.165) is 25.1 Å². The molecule has 1 aliphatic rings.